The van der Waals surface area contributed by atoms with Crippen molar-refractivity contribution in [1.29, 1.82) is 0 Å². The van der Waals surface area contributed by atoms with Crippen LogP contribution in [-0.4, -0.2) is 50.6 Å². The van der Waals surface area contributed by atoms with E-state index in [1.165, 1.54) is 0 Å². The first kappa shape index (κ1) is 17.0. The average molecular weight is 298 g/mol. The zero-order valence-corrected chi connectivity index (χ0v) is 13.0. The summed E-state index contributed by atoms with van der Waals surface area (Å²) in [5.41, 5.74) is 0.956. The predicted molar refractivity (Wildman–Crippen MR) is 85.6 cm³/mol. The van der Waals surface area contributed by atoms with Crippen LogP contribution in [-0.2, 0) is 4.79 Å². The Morgan fingerprint density at radius 2 is 1.90 bits per heavy atom. The molecule has 1 aliphatic rings. The molecule has 0 aromatic heterocycles. The number of carbonyl (C=O) groups is 1. The Morgan fingerprint density at radius 1 is 1.30 bits per heavy atom. The summed E-state index contributed by atoms with van der Waals surface area (Å²) in [5, 5.41) is 3.30. The lowest BCUT2D eigenvalue weighted by Gasteiger charge is -2.32. The minimum Gasteiger partial charge on any atom is -0.317 e. The van der Waals surface area contributed by atoms with Gasteiger partial charge in [-0.25, -0.2) is 0 Å². The molecule has 0 spiro atoms. The number of rotatable bonds is 4. The molecule has 0 bridgehead atoms. The minimum absolute atomic E-state index is 0. The zero-order valence-electron chi connectivity index (χ0n) is 12.2. The summed E-state index contributed by atoms with van der Waals surface area (Å²) in [5.74, 6) is 0.161. The predicted octanol–water partition coefficient (Wildman–Crippen LogP) is 1.75. The smallest absolute Gasteiger partial charge is 0.240 e. The Hall–Kier alpha value is -1.10. The van der Waals surface area contributed by atoms with E-state index in [1.54, 1.807) is 4.90 Å². The Balaban J connectivity index is 0.00000200. The number of nitrogens with one attached hydrogen (secondary N) is 1. The molecule has 1 aromatic rings. The number of likely N-dealkylation sites (tertiary alicyclic amines) is 1. The van der Waals surface area contributed by atoms with Gasteiger partial charge in [0.15, 0.2) is 0 Å². The van der Waals surface area contributed by atoms with Crippen LogP contribution < -0.4 is 10.2 Å². The number of hydrogen-bond acceptors (Lipinski definition) is 3. The molecule has 1 heterocycles. The van der Waals surface area contributed by atoms with Gasteiger partial charge in [-0.05, 0) is 32.0 Å². The summed E-state index contributed by atoms with van der Waals surface area (Å²) >= 11 is 0. The SMILES string of the molecule is CNC1CCN(CC(=O)N(C)c2ccccc2)CC1.Cl. The van der Waals surface area contributed by atoms with Gasteiger partial charge in [0.2, 0.25) is 5.91 Å². The third-order valence-corrected chi connectivity index (χ3v) is 3.87. The van der Waals surface area contributed by atoms with Gasteiger partial charge < -0.3 is 10.2 Å². The van der Waals surface area contributed by atoms with Crippen molar-refractivity contribution in [1.82, 2.24) is 10.2 Å². The summed E-state index contributed by atoms with van der Waals surface area (Å²) in [7, 11) is 3.85. The monoisotopic (exact) mass is 297 g/mol. The van der Waals surface area contributed by atoms with Gasteiger partial charge in [-0.1, -0.05) is 18.2 Å². The number of amides is 1. The summed E-state index contributed by atoms with van der Waals surface area (Å²) in [6.07, 6.45) is 2.25. The van der Waals surface area contributed by atoms with Crippen LogP contribution in [0.2, 0.25) is 0 Å². The maximum Gasteiger partial charge on any atom is 0.240 e. The van der Waals surface area contributed by atoms with Crippen LogP contribution in [0.3, 0.4) is 0 Å². The topological polar surface area (TPSA) is 35.6 Å². The number of likely N-dealkylation sites (N-methyl/N-ethyl adjacent to an activating group) is 1. The average Bonchev–Trinajstić information content (AvgIpc) is 2.48. The van der Waals surface area contributed by atoms with E-state index in [1.807, 2.05) is 44.4 Å². The Kier molecular flexibility index (Phi) is 6.99. The van der Waals surface area contributed by atoms with Crippen LogP contribution in [0.25, 0.3) is 0 Å². The third-order valence-electron chi connectivity index (χ3n) is 3.87. The Morgan fingerprint density at radius 3 is 2.45 bits per heavy atom. The highest BCUT2D eigenvalue weighted by Gasteiger charge is 2.21. The normalized spacial score (nSPS) is 16.5. The van der Waals surface area contributed by atoms with E-state index in [-0.39, 0.29) is 18.3 Å². The number of nitrogens with zero attached hydrogens (tertiary/aromatic N) is 2. The lowest BCUT2D eigenvalue weighted by molar-refractivity contribution is -0.119. The molecule has 1 aliphatic heterocycles. The van der Waals surface area contributed by atoms with Crippen LogP contribution >= 0.6 is 12.4 Å². The van der Waals surface area contributed by atoms with E-state index in [0.717, 1.165) is 31.6 Å². The van der Waals surface area contributed by atoms with E-state index in [0.29, 0.717) is 12.6 Å². The fourth-order valence-corrected chi connectivity index (χ4v) is 2.47. The second-order valence-electron chi connectivity index (χ2n) is 5.13. The molecule has 112 valence electrons. The summed E-state index contributed by atoms with van der Waals surface area (Å²) < 4.78 is 0. The van der Waals surface area contributed by atoms with Crippen molar-refractivity contribution in [2.75, 3.05) is 38.6 Å². The molecule has 2 rings (SSSR count). The summed E-state index contributed by atoms with van der Waals surface area (Å²) in [6.45, 7) is 2.52. The molecule has 0 aliphatic carbocycles. The van der Waals surface area contributed by atoms with Gasteiger partial charge in [-0.2, -0.15) is 0 Å². The third kappa shape index (κ3) is 4.47. The fourth-order valence-electron chi connectivity index (χ4n) is 2.47. The first-order valence-corrected chi connectivity index (χ1v) is 6.92. The van der Waals surface area contributed by atoms with Crippen molar-refractivity contribution >= 4 is 24.0 Å². The van der Waals surface area contributed by atoms with Gasteiger partial charge >= 0.3 is 0 Å². The maximum absolute atomic E-state index is 12.2. The molecule has 1 saturated heterocycles. The molecule has 5 heteroatoms. The Bertz CT molecular complexity index is 405. The second kappa shape index (κ2) is 8.25. The molecule has 0 saturated carbocycles. The van der Waals surface area contributed by atoms with Crippen molar-refractivity contribution in [2.24, 2.45) is 0 Å². The van der Waals surface area contributed by atoms with Gasteiger partial charge in [-0.3, -0.25) is 9.69 Å². The molecule has 1 fully saturated rings. The van der Waals surface area contributed by atoms with Crippen LogP contribution in [0.5, 0.6) is 0 Å². The first-order chi connectivity index (χ1) is 9.20. The number of halogens is 1. The van der Waals surface area contributed by atoms with Crippen molar-refractivity contribution < 1.29 is 4.79 Å². The van der Waals surface area contributed by atoms with Crippen molar-refractivity contribution in [3.63, 3.8) is 0 Å². The summed E-state index contributed by atoms with van der Waals surface area (Å²) in [6, 6.07) is 10.4. The molecular weight excluding hydrogens is 274 g/mol. The largest absolute Gasteiger partial charge is 0.317 e. The van der Waals surface area contributed by atoms with E-state index < -0.39 is 0 Å². The van der Waals surface area contributed by atoms with Crippen molar-refractivity contribution in [3.05, 3.63) is 30.3 Å². The Labute approximate surface area is 127 Å². The number of anilines is 1. The van der Waals surface area contributed by atoms with Gasteiger partial charge in [0.1, 0.15) is 0 Å². The molecule has 0 radical (unpaired) electrons. The van der Waals surface area contributed by atoms with E-state index >= 15 is 0 Å². The lowest BCUT2D eigenvalue weighted by Crippen LogP contribution is -2.45. The molecular formula is C15H24ClN3O. The number of hydrogen-bond donors (Lipinski definition) is 1. The standard InChI is InChI=1S/C15H23N3O.ClH/c1-16-13-8-10-18(11-9-13)12-15(19)17(2)14-6-4-3-5-7-14;/h3-7,13,16H,8-12H2,1-2H3;1H. The zero-order chi connectivity index (χ0) is 13.7. The van der Waals surface area contributed by atoms with Gasteiger partial charge in [0.25, 0.3) is 0 Å². The van der Waals surface area contributed by atoms with E-state index in [2.05, 4.69) is 10.2 Å². The molecule has 0 unspecified atom stereocenters. The van der Waals surface area contributed by atoms with Gasteiger partial charge in [0.05, 0.1) is 6.54 Å². The highest BCUT2D eigenvalue weighted by atomic mass is 35.5. The number of benzene rings is 1. The minimum atomic E-state index is 0. The van der Waals surface area contributed by atoms with Crippen LogP contribution in [0, 0.1) is 0 Å². The highest BCUT2D eigenvalue weighted by Crippen LogP contribution is 2.13. The molecule has 20 heavy (non-hydrogen) atoms. The molecule has 1 amide bonds. The fraction of sp³-hybridized carbons (Fsp3) is 0.533. The second-order valence-corrected chi connectivity index (χ2v) is 5.13. The van der Waals surface area contributed by atoms with Crippen LogP contribution in [0.4, 0.5) is 5.69 Å². The highest BCUT2D eigenvalue weighted by molar-refractivity contribution is 5.94. The molecule has 1 N–H and O–H groups in total. The first-order valence-electron chi connectivity index (χ1n) is 6.92. The van der Waals surface area contributed by atoms with Crippen molar-refractivity contribution in [2.45, 2.75) is 18.9 Å². The number of piperidine rings is 1. The molecule has 1 aromatic carbocycles. The van der Waals surface area contributed by atoms with E-state index in [9.17, 15) is 4.79 Å². The lowest BCUT2D eigenvalue weighted by atomic mass is 10.1. The van der Waals surface area contributed by atoms with Crippen LogP contribution in [0.15, 0.2) is 30.3 Å². The maximum atomic E-state index is 12.2. The quantitative estimate of drug-likeness (QED) is 0.920. The van der Waals surface area contributed by atoms with Gasteiger partial charge in [-0.15, -0.1) is 12.4 Å². The van der Waals surface area contributed by atoms with Crippen LogP contribution in [0.1, 0.15) is 12.8 Å². The van der Waals surface area contributed by atoms with E-state index in [4.69, 9.17) is 0 Å². The van der Waals surface area contributed by atoms with Crippen molar-refractivity contribution in [3.8, 4) is 0 Å². The summed E-state index contributed by atoms with van der Waals surface area (Å²) in [4.78, 5) is 16.2. The van der Waals surface area contributed by atoms with Gasteiger partial charge in [0, 0.05) is 31.9 Å². The number of carbonyl (C=O) groups excluding carboxylic acids is 1. The molecule has 4 nitrogen and oxygen atoms in total. The number of para-hydroxylation sites is 1. The molecule has 0 atom stereocenters.